The highest BCUT2D eigenvalue weighted by atomic mass is 16.2. The van der Waals surface area contributed by atoms with Gasteiger partial charge in [0.2, 0.25) is 0 Å². The minimum absolute atomic E-state index is 0.0263. The van der Waals surface area contributed by atoms with Gasteiger partial charge in [-0.25, -0.2) is 0 Å². The van der Waals surface area contributed by atoms with Crippen LogP contribution in [0.3, 0.4) is 0 Å². The van der Waals surface area contributed by atoms with Crippen molar-refractivity contribution in [1.82, 2.24) is 14.5 Å². The van der Waals surface area contributed by atoms with Crippen molar-refractivity contribution in [3.8, 4) is 0 Å². The molecule has 0 radical (unpaired) electrons. The molecule has 0 saturated heterocycles. The molecule has 0 atom stereocenters. The van der Waals surface area contributed by atoms with Gasteiger partial charge in [0.15, 0.2) is 0 Å². The lowest BCUT2D eigenvalue weighted by molar-refractivity contribution is 0.0720. The summed E-state index contributed by atoms with van der Waals surface area (Å²) in [7, 11) is 2.06. The third-order valence-electron chi connectivity index (χ3n) is 4.52. The van der Waals surface area contributed by atoms with Gasteiger partial charge in [0.1, 0.15) is 5.69 Å². The highest BCUT2D eigenvalue weighted by Crippen LogP contribution is 2.30. The number of amides is 1. The highest BCUT2D eigenvalue weighted by molar-refractivity contribution is 5.92. The second-order valence-electron chi connectivity index (χ2n) is 6.13. The van der Waals surface area contributed by atoms with Crippen LogP contribution in [0.4, 0.5) is 0 Å². The maximum atomic E-state index is 12.8. The number of fused-ring (bicyclic) bond motifs is 1. The summed E-state index contributed by atoms with van der Waals surface area (Å²) < 4.78 is 2.18. The number of hydrogen-bond acceptors (Lipinski definition) is 2. The predicted octanol–water partition coefficient (Wildman–Crippen LogP) is 3.38. The molecule has 23 heavy (non-hydrogen) atoms. The first-order valence-corrected chi connectivity index (χ1v) is 7.99. The maximum Gasteiger partial charge on any atom is 0.273 e. The minimum Gasteiger partial charge on any atom is -0.346 e. The molecule has 4 nitrogen and oxygen atoms in total. The van der Waals surface area contributed by atoms with Crippen LogP contribution >= 0.6 is 0 Å². The van der Waals surface area contributed by atoms with Gasteiger partial charge in [-0.1, -0.05) is 24.3 Å². The molecule has 116 valence electrons. The molecule has 1 aromatic carbocycles. The number of carbonyl (C=O) groups excluding carboxylic acids is 1. The normalized spacial score (nSPS) is 14.1. The van der Waals surface area contributed by atoms with Crippen molar-refractivity contribution in [2.75, 3.05) is 0 Å². The van der Waals surface area contributed by atoms with E-state index < -0.39 is 0 Å². The average Bonchev–Trinajstić information content (AvgIpc) is 3.39. The smallest absolute Gasteiger partial charge is 0.273 e. The summed E-state index contributed by atoms with van der Waals surface area (Å²) in [5, 5.41) is 1.21. The minimum atomic E-state index is 0.0263. The molecule has 1 aliphatic rings. The lowest BCUT2D eigenvalue weighted by atomic mass is 10.2. The lowest BCUT2D eigenvalue weighted by Gasteiger charge is -2.22. The molecule has 0 bridgehead atoms. The van der Waals surface area contributed by atoms with E-state index >= 15 is 0 Å². The second-order valence-corrected chi connectivity index (χ2v) is 6.13. The molecule has 0 N–H and O–H groups in total. The number of pyridine rings is 1. The highest BCUT2D eigenvalue weighted by Gasteiger charge is 2.34. The molecule has 0 unspecified atom stereocenters. The molecule has 4 rings (SSSR count). The number of nitrogens with zero attached hydrogens (tertiary/aromatic N) is 3. The summed E-state index contributed by atoms with van der Waals surface area (Å²) in [6, 6.07) is 16.3. The standard InChI is InChI=1S/C19H19N3O/c1-21-16(12-14-6-2-3-8-18(14)21)13-22(15-9-10-15)19(23)17-7-4-5-11-20-17/h2-8,11-12,15H,9-10,13H2,1H3. The van der Waals surface area contributed by atoms with Gasteiger partial charge in [0, 0.05) is 30.5 Å². The summed E-state index contributed by atoms with van der Waals surface area (Å²) in [4.78, 5) is 19.0. The van der Waals surface area contributed by atoms with Crippen molar-refractivity contribution in [3.05, 3.63) is 66.1 Å². The first-order chi connectivity index (χ1) is 11.2. The third kappa shape index (κ3) is 2.61. The Morgan fingerprint density at radius 1 is 1.22 bits per heavy atom. The molecular weight excluding hydrogens is 286 g/mol. The molecule has 1 aliphatic carbocycles. The largest absolute Gasteiger partial charge is 0.346 e. The Bertz CT molecular complexity index is 849. The summed E-state index contributed by atoms with van der Waals surface area (Å²) in [5.74, 6) is 0.0263. The Morgan fingerprint density at radius 2 is 2.00 bits per heavy atom. The van der Waals surface area contributed by atoms with Gasteiger partial charge in [0.25, 0.3) is 5.91 Å². The van der Waals surface area contributed by atoms with Gasteiger partial charge in [-0.2, -0.15) is 0 Å². The van der Waals surface area contributed by atoms with Gasteiger partial charge in [0.05, 0.1) is 6.54 Å². The van der Waals surface area contributed by atoms with Crippen molar-refractivity contribution in [1.29, 1.82) is 0 Å². The molecule has 4 heteroatoms. The average molecular weight is 305 g/mol. The molecule has 1 saturated carbocycles. The zero-order valence-corrected chi connectivity index (χ0v) is 13.1. The van der Waals surface area contributed by atoms with Crippen molar-refractivity contribution in [2.45, 2.75) is 25.4 Å². The van der Waals surface area contributed by atoms with Crippen molar-refractivity contribution in [3.63, 3.8) is 0 Å². The van der Waals surface area contributed by atoms with E-state index in [0.29, 0.717) is 18.3 Å². The summed E-state index contributed by atoms with van der Waals surface area (Å²) in [6.07, 6.45) is 3.85. The topological polar surface area (TPSA) is 38.1 Å². The van der Waals surface area contributed by atoms with Crippen LogP contribution in [0.2, 0.25) is 0 Å². The number of hydrogen-bond donors (Lipinski definition) is 0. The Kier molecular flexibility index (Phi) is 3.37. The van der Waals surface area contributed by atoms with E-state index in [4.69, 9.17) is 0 Å². The Morgan fingerprint density at radius 3 is 2.70 bits per heavy atom. The first-order valence-electron chi connectivity index (χ1n) is 7.99. The van der Waals surface area contributed by atoms with Crippen molar-refractivity contribution >= 4 is 16.8 Å². The lowest BCUT2D eigenvalue weighted by Crippen LogP contribution is -2.33. The monoisotopic (exact) mass is 305 g/mol. The van der Waals surface area contributed by atoms with Crippen LogP contribution in [0, 0.1) is 0 Å². The molecule has 3 aromatic rings. The predicted molar refractivity (Wildman–Crippen MR) is 90.1 cm³/mol. The maximum absolute atomic E-state index is 12.8. The fourth-order valence-electron chi connectivity index (χ4n) is 3.06. The van der Waals surface area contributed by atoms with Gasteiger partial charge >= 0.3 is 0 Å². The molecule has 2 heterocycles. The second kappa shape index (κ2) is 5.54. The summed E-state index contributed by atoms with van der Waals surface area (Å²) in [5.41, 5.74) is 2.88. The molecule has 0 aliphatic heterocycles. The van der Waals surface area contributed by atoms with E-state index in [1.165, 1.54) is 10.9 Å². The number of para-hydroxylation sites is 1. The first kappa shape index (κ1) is 14.0. The van der Waals surface area contributed by atoms with E-state index in [9.17, 15) is 4.79 Å². The number of aryl methyl sites for hydroxylation is 1. The Hall–Kier alpha value is -2.62. The quantitative estimate of drug-likeness (QED) is 0.741. The fraction of sp³-hybridized carbons (Fsp3) is 0.263. The zero-order chi connectivity index (χ0) is 15.8. The van der Waals surface area contributed by atoms with E-state index in [0.717, 1.165) is 18.5 Å². The molecule has 0 spiro atoms. The fourth-order valence-corrected chi connectivity index (χ4v) is 3.06. The van der Waals surface area contributed by atoms with Crippen LogP contribution in [0.1, 0.15) is 29.0 Å². The Balaban J connectivity index is 1.66. The van der Waals surface area contributed by atoms with Crippen molar-refractivity contribution < 1.29 is 4.79 Å². The SMILES string of the molecule is Cn1c(CN(C(=O)c2ccccn2)C2CC2)cc2ccccc21. The van der Waals surface area contributed by atoms with Crippen LogP contribution in [-0.4, -0.2) is 26.4 Å². The molecule has 1 fully saturated rings. The number of rotatable bonds is 4. The summed E-state index contributed by atoms with van der Waals surface area (Å²) in [6.45, 7) is 0.630. The van der Waals surface area contributed by atoms with Gasteiger partial charge < -0.3 is 9.47 Å². The third-order valence-corrected chi connectivity index (χ3v) is 4.52. The number of carbonyl (C=O) groups is 1. The van der Waals surface area contributed by atoms with E-state index in [-0.39, 0.29) is 5.91 Å². The van der Waals surface area contributed by atoms with Crippen LogP contribution in [0.5, 0.6) is 0 Å². The Labute approximate surface area is 135 Å². The van der Waals surface area contributed by atoms with E-state index in [2.05, 4.69) is 34.8 Å². The van der Waals surface area contributed by atoms with Crippen molar-refractivity contribution in [2.24, 2.45) is 7.05 Å². The van der Waals surface area contributed by atoms with Gasteiger partial charge in [-0.05, 0) is 42.5 Å². The summed E-state index contributed by atoms with van der Waals surface area (Å²) >= 11 is 0. The van der Waals surface area contributed by atoms with Crippen LogP contribution in [0.25, 0.3) is 10.9 Å². The molecule has 1 amide bonds. The number of aromatic nitrogens is 2. The van der Waals surface area contributed by atoms with Crippen LogP contribution in [-0.2, 0) is 13.6 Å². The van der Waals surface area contributed by atoms with Crippen LogP contribution in [0.15, 0.2) is 54.7 Å². The van der Waals surface area contributed by atoms with E-state index in [1.54, 1.807) is 12.3 Å². The van der Waals surface area contributed by atoms with Gasteiger partial charge in [-0.15, -0.1) is 0 Å². The zero-order valence-electron chi connectivity index (χ0n) is 13.1. The van der Waals surface area contributed by atoms with Gasteiger partial charge in [-0.3, -0.25) is 9.78 Å². The number of benzene rings is 1. The van der Waals surface area contributed by atoms with Crippen LogP contribution < -0.4 is 0 Å². The molecular formula is C19H19N3O. The molecule has 2 aromatic heterocycles. The van der Waals surface area contributed by atoms with E-state index in [1.807, 2.05) is 29.2 Å².